The molecule has 0 saturated carbocycles. The molecule has 1 saturated heterocycles. The summed E-state index contributed by atoms with van der Waals surface area (Å²) in [5, 5.41) is 20.0. The van der Waals surface area contributed by atoms with E-state index in [0.717, 1.165) is 12.2 Å². The third-order valence-electron chi connectivity index (χ3n) is 7.21. The van der Waals surface area contributed by atoms with Crippen molar-refractivity contribution >= 4 is 29.2 Å². The highest BCUT2D eigenvalue weighted by Crippen LogP contribution is 2.44. The molecule has 5 rings (SSSR count). The average molecular weight is 519 g/mol. The van der Waals surface area contributed by atoms with E-state index >= 15 is 0 Å². The number of rotatable bonds is 2. The molecule has 0 spiro atoms. The zero-order valence-electron chi connectivity index (χ0n) is 20.1. The SMILES string of the molecule is CC1CN(C)CC=C1N1CC(c2c(O)cccc2F)=C(Cl)C2=C1C(=O)N1CCN(C(=O)O)C[C@@H]1CO2. The summed E-state index contributed by atoms with van der Waals surface area (Å²) in [6, 6.07) is 3.56. The molecule has 1 fully saturated rings. The quantitative estimate of drug-likeness (QED) is 0.621. The van der Waals surface area contributed by atoms with E-state index in [-0.39, 0.29) is 72.4 Å². The zero-order valence-corrected chi connectivity index (χ0v) is 20.8. The second-order valence-electron chi connectivity index (χ2n) is 9.63. The lowest BCUT2D eigenvalue weighted by Gasteiger charge is -2.42. The van der Waals surface area contributed by atoms with Gasteiger partial charge in [0, 0.05) is 49.9 Å². The van der Waals surface area contributed by atoms with Gasteiger partial charge in [-0.15, -0.1) is 0 Å². The van der Waals surface area contributed by atoms with E-state index in [1.165, 1.54) is 23.1 Å². The Balaban J connectivity index is 1.64. The van der Waals surface area contributed by atoms with E-state index in [1.54, 1.807) is 4.90 Å². The van der Waals surface area contributed by atoms with Gasteiger partial charge < -0.3 is 34.5 Å². The standard InChI is InChI=1S/C25H28ClFN4O5/c1-14-10-28(2)7-6-18(14)31-12-16(20-17(27)4-3-5-19(20)32)21(26)23-22(31)24(33)30-9-8-29(25(34)35)11-15(30)13-36-23/h3-6,14-15,32H,7-13H2,1-2H3,(H,34,35)/t14?,15-/m1/s1. The predicted octanol–water partition coefficient (Wildman–Crippen LogP) is 2.69. The monoisotopic (exact) mass is 518 g/mol. The number of carboxylic acid groups (broad SMARTS) is 1. The first-order valence-electron chi connectivity index (χ1n) is 11.9. The van der Waals surface area contributed by atoms with Crippen molar-refractivity contribution in [3.8, 4) is 5.75 Å². The highest BCUT2D eigenvalue weighted by atomic mass is 35.5. The summed E-state index contributed by atoms with van der Waals surface area (Å²) in [5.74, 6) is -1.02. The van der Waals surface area contributed by atoms with E-state index in [4.69, 9.17) is 16.3 Å². The number of allylic oxidation sites excluding steroid dienone is 1. The number of hydrogen-bond donors (Lipinski definition) is 2. The van der Waals surface area contributed by atoms with Crippen molar-refractivity contribution in [3.05, 3.63) is 57.8 Å². The number of amides is 2. The molecule has 0 aliphatic carbocycles. The Bertz CT molecular complexity index is 1190. The number of ether oxygens (including phenoxy) is 1. The van der Waals surface area contributed by atoms with Crippen molar-refractivity contribution in [1.82, 2.24) is 19.6 Å². The molecule has 0 bridgehead atoms. The molecule has 9 nitrogen and oxygen atoms in total. The number of aromatic hydroxyl groups is 1. The molecular weight excluding hydrogens is 491 g/mol. The molecule has 0 aromatic heterocycles. The molecule has 2 amide bonds. The third-order valence-corrected chi connectivity index (χ3v) is 7.61. The van der Waals surface area contributed by atoms with Crippen molar-refractivity contribution in [1.29, 1.82) is 0 Å². The molecular formula is C25H28ClFN4O5. The first kappa shape index (κ1) is 24.5. The highest BCUT2D eigenvalue weighted by molar-refractivity contribution is 6.35. The lowest BCUT2D eigenvalue weighted by molar-refractivity contribution is -0.133. The number of nitrogens with zero attached hydrogens (tertiary/aromatic N) is 4. The van der Waals surface area contributed by atoms with Gasteiger partial charge in [0.1, 0.15) is 18.2 Å². The molecule has 2 atom stereocenters. The van der Waals surface area contributed by atoms with Gasteiger partial charge >= 0.3 is 6.09 Å². The molecule has 2 N–H and O–H groups in total. The fourth-order valence-electron chi connectivity index (χ4n) is 5.45. The Morgan fingerprint density at radius 1 is 1.25 bits per heavy atom. The number of phenolic OH excluding ortho intramolecular Hbond substituents is 1. The Hall–Kier alpha value is -3.24. The summed E-state index contributed by atoms with van der Waals surface area (Å²) in [6.07, 6.45) is 0.987. The van der Waals surface area contributed by atoms with Gasteiger partial charge in [-0.25, -0.2) is 9.18 Å². The van der Waals surface area contributed by atoms with Crippen LogP contribution in [0.15, 0.2) is 46.5 Å². The normalized spacial score (nSPS) is 25.3. The van der Waals surface area contributed by atoms with Gasteiger partial charge in [-0.3, -0.25) is 4.79 Å². The number of carbonyl (C=O) groups excluding carboxylic acids is 1. The third kappa shape index (κ3) is 4.08. The number of halogens is 2. The van der Waals surface area contributed by atoms with Crippen LogP contribution in [0.1, 0.15) is 12.5 Å². The van der Waals surface area contributed by atoms with Gasteiger partial charge in [0.05, 0.1) is 23.2 Å². The second kappa shape index (κ2) is 9.33. The topological polar surface area (TPSA) is 96.8 Å². The highest BCUT2D eigenvalue weighted by Gasteiger charge is 2.44. The van der Waals surface area contributed by atoms with E-state index < -0.39 is 18.0 Å². The summed E-state index contributed by atoms with van der Waals surface area (Å²) >= 11 is 6.80. The molecule has 0 radical (unpaired) electrons. The van der Waals surface area contributed by atoms with Gasteiger partial charge in [0.25, 0.3) is 5.91 Å². The number of phenols is 1. The predicted molar refractivity (Wildman–Crippen MR) is 130 cm³/mol. The number of hydrogen-bond acceptors (Lipinski definition) is 6. The van der Waals surface area contributed by atoms with Gasteiger partial charge in [0.2, 0.25) is 0 Å². The number of piperazine rings is 1. The van der Waals surface area contributed by atoms with Crippen LogP contribution in [0.3, 0.4) is 0 Å². The molecule has 36 heavy (non-hydrogen) atoms. The second-order valence-corrected chi connectivity index (χ2v) is 10.0. The Kier molecular flexibility index (Phi) is 6.34. The van der Waals surface area contributed by atoms with Crippen LogP contribution in [0.25, 0.3) is 5.57 Å². The molecule has 4 aliphatic heterocycles. The lowest BCUT2D eigenvalue weighted by atomic mass is 9.94. The van der Waals surface area contributed by atoms with E-state index in [2.05, 4.69) is 11.8 Å². The van der Waals surface area contributed by atoms with Crippen LogP contribution in [0.4, 0.5) is 9.18 Å². The minimum absolute atomic E-state index is 0.0321. The van der Waals surface area contributed by atoms with Crippen molar-refractivity contribution in [2.75, 3.05) is 52.9 Å². The summed E-state index contributed by atoms with van der Waals surface area (Å²) in [6.45, 7) is 4.13. The molecule has 192 valence electrons. The Morgan fingerprint density at radius 3 is 2.72 bits per heavy atom. The van der Waals surface area contributed by atoms with Gasteiger partial charge in [-0.05, 0) is 19.2 Å². The van der Waals surface area contributed by atoms with Crippen LogP contribution in [0.5, 0.6) is 5.75 Å². The largest absolute Gasteiger partial charge is 0.507 e. The molecule has 4 heterocycles. The van der Waals surface area contributed by atoms with Gasteiger partial charge in [-0.1, -0.05) is 30.7 Å². The van der Waals surface area contributed by atoms with Crippen LogP contribution in [-0.2, 0) is 9.53 Å². The van der Waals surface area contributed by atoms with Crippen molar-refractivity contribution < 1.29 is 28.9 Å². The van der Waals surface area contributed by atoms with Crippen molar-refractivity contribution in [3.63, 3.8) is 0 Å². The van der Waals surface area contributed by atoms with Gasteiger partial charge in [-0.2, -0.15) is 0 Å². The van der Waals surface area contributed by atoms with Crippen LogP contribution in [0, 0.1) is 11.7 Å². The molecule has 1 unspecified atom stereocenters. The Labute approximate surface area is 213 Å². The summed E-state index contributed by atoms with van der Waals surface area (Å²) in [7, 11) is 2.01. The van der Waals surface area contributed by atoms with Crippen LogP contribution in [-0.4, -0.2) is 101 Å². The maximum absolute atomic E-state index is 15.0. The zero-order chi connectivity index (χ0) is 25.7. The van der Waals surface area contributed by atoms with E-state index in [1.807, 2.05) is 18.0 Å². The number of likely N-dealkylation sites (N-methyl/N-ethyl adjacent to an activating group) is 1. The molecule has 4 aliphatic rings. The fraction of sp³-hybridized carbons (Fsp3) is 0.440. The first-order chi connectivity index (χ1) is 17.2. The lowest BCUT2D eigenvalue weighted by Crippen LogP contribution is -2.58. The Morgan fingerprint density at radius 2 is 2.03 bits per heavy atom. The van der Waals surface area contributed by atoms with Crippen molar-refractivity contribution in [2.45, 2.75) is 13.0 Å². The van der Waals surface area contributed by atoms with E-state index in [9.17, 15) is 24.2 Å². The van der Waals surface area contributed by atoms with E-state index in [0.29, 0.717) is 12.1 Å². The molecule has 1 aromatic rings. The van der Waals surface area contributed by atoms with Crippen LogP contribution >= 0.6 is 11.6 Å². The minimum Gasteiger partial charge on any atom is -0.507 e. The maximum atomic E-state index is 15.0. The summed E-state index contributed by atoms with van der Waals surface area (Å²) < 4.78 is 21.1. The smallest absolute Gasteiger partial charge is 0.407 e. The average Bonchev–Trinajstić information content (AvgIpc) is 2.97. The summed E-state index contributed by atoms with van der Waals surface area (Å²) in [5.41, 5.74) is 1.43. The van der Waals surface area contributed by atoms with Gasteiger partial charge in [0.15, 0.2) is 11.5 Å². The number of benzene rings is 1. The first-order valence-corrected chi connectivity index (χ1v) is 12.2. The van der Waals surface area contributed by atoms with Crippen molar-refractivity contribution in [2.24, 2.45) is 5.92 Å². The maximum Gasteiger partial charge on any atom is 0.407 e. The fourth-order valence-corrected chi connectivity index (χ4v) is 5.75. The number of carbonyl (C=O) groups is 2. The van der Waals surface area contributed by atoms with Crippen LogP contribution < -0.4 is 0 Å². The molecule has 1 aromatic carbocycles. The summed E-state index contributed by atoms with van der Waals surface area (Å²) in [4.78, 5) is 32.4. The minimum atomic E-state index is -1.05. The number of fused-ring (bicyclic) bond motifs is 1. The van der Waals surface area contributed by atoms with Crippen LogP contribution in [0.2, 0.25) is 0 Å². The molecule has 11 heteroatoms.